The summed E-state index contributed by atoms with van der Waals surface area (Å²) in [5.41, 5.74) is 6.17. The topological polar surface area (TPSA) is 208 Å². The van der Waals surface area contributed by atoms with E-state index in [0.29, 0.717) is 5.56 Å². The van der Waals surface area contributed by atoms with Gasteiger partial charge in [0.15, 0.2) is 0 Å². The third-order valence-corrected chi connectivity index (χ3v) is 4.68. The SMILES string of the molecule is CC(NC(=O)C(CC(=O)O)NC(=O)C(Cc1ccc(O)cc1)NC(=O)C(N)CS)C(=O)O. The van der Waals surface area contributed by atoms with E-state index in [9.17, 15) is 29.1 Å². The van der Waals surface area contributed by atoms with Crippen LogP contribution in [0.5, 0.6) is 5.75 Å². The van der Waals surface area contributed by atoms with Crippen molar-refractivity contribution in [2.75, 3.05) is 5.75 Å². The molecule has 0 bridgehead atoms. The molecule has 0 radical (unpaired) electrons. The zero-order chi connectivity index (χ0) is 24.4. The predicted octanol–water partition coefficient (Wildman–Crippen LogP) is -1.77. The van der Waals surface area contributed by atoms with Gasteiger partial charge in [0.05, 0.1) is 12.5 Å². The summed E-state index contributed by atoms with van der Waals surface area (Å²) in [4.78, 5) is 59.5. The number of thiol groups is 1. The Morgan fingerprint density at radius 1 is 0.938 bits per heavy atom. The number of hydrogen-bond donors (Lipinski definition) is 8. The molecule has 0 spiro atoms. The second-order valence-corrected chi connectivity index (χ2v) is 7.31. The molecule has 0 saturated heterocycles. The average molecular weight is 471 g/mol. The first-order valence-corrected chi connectivity index (χ1v) is 10.1. The summed E-state index contributed by atoms with van der Waals surface area (Å²) < 4.78 is 0. The third-order valence-electron chi connectivity index (χ3n) is 4.28. The molecule has 0 aliphatic rings. The van der Waals surface area contributed by atoms with Crippen molar-refractivity contribution >= 4 is 42.3 Å². The second kappa shape index (κ2) is 12.5. The van der Waals surface area contributed by atoms with Gasteiger partial charge in [-0.2, -0.15) is 12.6 Å². The van der Waals surface area contributed by atoms with Crippen LogP contribution in [-0.2, 0) is 30.4 Å². The zero-order valence-corrected chi connectivity index (χ0v) is 18.0. The van der Waals surface area contributed by atoms with Crippen molar-refractivity contribution in [3.63, 3.8) is 0 Å². The van der Waals surface area contributed by atoms with Gasteiger partial charge >= 0.3 is 11.9 Å². The number of rotatable bonds is 12. The Kier molecular flexibility index (Phi) is 10.4. The lowest BCUT2D eigenvalue weighted by Gasteiger charge is -2.24. The highest BCUT2D eigenvalue weighted by molar-refractivity contribution is 7.80. The molecule has 4 unspecified atom stereocenters. The smallest absolute Gasteiger partial charge is 0.325 e. The summed E-state index contributed by atoms with van der Waals surface area (Å²) >= 11 is 3.93. The van der Waals surface area contributed by atoms with E-state index < -0.39 is 60.2 Å². The maximum Gasteiger partial charge on any atom is 0.325 e. The van der Waals surface area contributed by atoms with E-state index in [-0.39, 0.29) is 17.9 Å². The van der Waals surface area contributed by atoms with Crippen molar-refractivity contribution in [3.8, 4) is 5.75 Å². The minimum absolute atomic E-state index is 0.00347. The van der Waals surface area contributed by atoms with Crippen LogP contribution in [0.1, 0.15) is 18.9 Å². The van der Waals surface area contributed by atoms with Crippen LogP contribution >= 0.6 is 12.6 Å². The molecule has 176 valence electrons. The summed E-state index contributed by atoms with van der Waals surface area (Å²) in [6.07, 6.45) is -0.885. The Morgan fingerprint density at radius 3 is 1.97 bits per heavy atom. The number of carbonyl (C=O) groups is 5. The highest BCUT2D eigenvalue weighted by atomic mass is 32.1. The minimum atomic E-state index is -1.60. The van der Waals surface area contributed by atoms with Gasteiger partial charge in [0, 0.05) is 12.2 Å². The summed E-state index contributed by atoms with van der Waals surface area (Å²) in [7, 11) is 0. The maximum atomic E-state index is 12.9. The summed E-state index contributed by atoms with van der Waals surface area (Å²) in [5.74, 6) is -5.38. The fraction of sp³-hybridized carbons (Fsp3) is 0.421. The molecule has 0 aromatic heterocycles. The first-order chi connectivity index (χ1) is 14.9. The molecule has 4 atom stereocenters. The van der Waals surface area contributed by atoms with Crippen LogP contribution in [0, 0.1) is 0 Å². The molecule has 1 aromatic carbocycles. The number of aromatic hydroxyl groups is 1. The molecule has 1 aromatic rings. The molecule has 12 nitrogen and oxygen atoms in total. The van der Waals surface area contributed by atoms with Crippen LogP contribution in [0.2, 0.25) is 0 Å². The molecular formula is C19H26N4O8S. The molecular weight excluding hydrogens is 444 g/mol. The van der Waals surface area contributed by atoms with Crippen molar-refractivity contribution in [1.29, 1.82) is 0 Å². The molecule has 0 aliphatic carbocycles. The first kappa shape index (κ1) is 26.7. The zero-order valence-electron chi connectivity index (χ0n) is 17.1. The van der Waals surface area contributed by atoms with Crippen LogP contribution in [0.25, 0.3) is 0 Å². The van der Waals surface area contributed by atoms with Gasteiger partial charge in [0.25, 0.3) is 0 Å². The lowest BCUT2D eigenvalue weighted by Crippen LogP contribution is -2.58. The highest BCUT2D eigenvalue weighted by Crippen LogP contribution is 2.12. The Balaban J connectivity index is 3.07. The number of nitrogens with one attached hydrogen (secondary N) is 3. The number of carboxylic acid groups (broad SMARTS) is 2. The van der Waals surface area contributed by atoms with Gasteiger partial charge in [-0.15, -0.1) is 0 Å². The van der Waals surface area contributed by atoms with Crippen LogP contribution in [0.4, 0.5) is 0 Å². The number of phenolic OH excluding ortho intramolecular Hbond substituents is 1. The normalized spacial score (nSPS) is 14.3. The van der Waals surface area contributed by atoms with Crippen molar-refractivity contribution in [1.82, 2.24) is 16.0 Å². The van der Waals surface area contributed by atoms with Gasteiger partial charge in [-0.05, 0) is 24.6 Å². The van der Waals surface area contributed by atoms with Gasteiger partial charge in [0.2, 0.25) is 17.7 Å². The van der Waals surface area contributed by atoms with Crippen molar-refractivity contribution in [2.45, 2.75) is 43.9 Å². The highest BCUT2D eigenvalue weighted by Gasteiger charge is 2.30. The third kappa shape index (κ3) is 8.81. The van der Waals surface area contributed by atoms with E-state index in [1.165, 1.54) is 31.2 Å². The Labute approximate surface area is 189 Å². The lowest BCUT2D eigenvalue weighted by atomic mass is 10.0. The molecule has 1 rings (SSSR count). The number of carboxylic acids is 2. The first-order valence-electron chi connectivity index (χ1n) is 9.44. The number of hydrogen-bond acceptors (Lipinski definition) is 8. The summed E-state index contributed by atoms with van der Waals surface area (Å²) in [6.45, 7) is 1.17. The largest absolute Gasteiger partial charge is 0.508 e. The average Bonchev–Trinajstić information content (AvgIpc) is 2.72. The molecule has 0 saturated carbocycles. The molecule has 32 heavy (non-hydrogen) atoms. The van der Waals surface area contributed by atoms with Crippen LogP contribution < -0.4 is 21.7 Å². The van der Waals surface area contributed by atoms with Gasteiger partial charge in [0.1, 0.15) is 23.9 Å². The molecule has 13 heteroatoms. The molecule has 0 aliphatic heterocycles. The number of nitrogens with two attached hydrogens (primary N) is 1. The Bertz CT molecular complexity index is 848. The monoisotopic (exact) mass is 470 g/mol. The van der Waals surface area contributed by atoms with E-state index in [4.69, 9.17) is 15.9 Å². The summed E-state index contributed by atoms with van der Waals surface area (Å²) in [5, 5.41) is 34.2. The molecule has 3 amide bonds. The van der Waals surface area contributed by atoms with Crippen molar-refractivity contribution < 1.29 is 39.3 Å². The molecule has 8 N–H and O–H groups in total. The Morgan fingerprint density at radius 2 is 1.47 bits per heavy atom. The number of benzene rings is 1. The Hall–Kier alpha value is -3.32. The number of aliphatic carboxylic acids is 2. The van der Waals surface area contributed by atoms with Crippen molar-refractivity contribution in [3.05, 3.63) is 29.8 Å². The van der Waals surface area contributed by atoms with Crippen LogP contribution in [0.15, 0.2) is 24.3 Å². The van der Waals surface area contributed by atoms with Gasteiger partial charge in [-0.25, -0.2) is 0 Å². The van der Waals surface area contributed by atoms with Crippen molar-refractivity contribution in [2.24, 2.45) is 5.73 Å². The van der Waals surface area contributed by atoms with E-state index in [2.05, 4.69) is 28.6 Å². The fourth-order valence-corrected chi connectivity index (χ4v) is 2.64. The van der Waals surface area contributed by atoms with E-state index in [1.807, 2.05) is 0 Å². The number of phenols is 1. The lowest BCUT2D eigenvalue weighted by molar-refractivity contribution is -0.143. The van der Waals surface area contributed by atoms with E-state index >= 15 is 0 Å². The van der Waals surface area contributed by atoms with Crippen LogP contribution in [0.3, 0.4) is 0 Å². The maximum absolute atomic E-state index is 12.9. The minimum Gasteiger partial charge on any atom is -0.508 e. The van der Waals surface area contributed by atoms with Crippen LogP contribution in [-0.4, -0.2) is 74.9 Å². The molecule has 0 fully saturated rings. The quantitative estimate of drug-likeness (QED) is 0.162. The number of carbonyl (C=O) groups excluding carboxylic acids is 3. The van der Waals surface area contributed by atoms with E-state index in [0.717, 1.165) is 0 Å². The van der Waals surface area contributed by atoms with Gasteiger partial charge < -0.3 is 37.0 Å². The van der Waals surface area contributed by atoms with Gasteiger partial charge in [-0.1, -0.05) is 12.1 Å². The predicted molar refractivity (Wildman–Crippen MR) is 115 cm³/mol. The number of amides is 3. The van der Waals surface area contributed by atoms with E-state index in [1.54, 1.807) is 0 Å². The van der Waals surface area contributed by atoms with Gasteiger partial charge in [-0.3, -0.25) is 24.0 Å². The fourth-order valence-electron chi connectivity index (χ4n) is 2.47. The standard InChI is InChI=1S/C19H26N4O8S/c1-9(19(30)31)21-17(28)14(7-15(25)26)23-18(29)13(22-16(27)12(20)8-32)6-10-2-4-11(24)5-3-10/h2-5,9,12-14,24,32H,6-8,20H2,1H3,(H,21,28)(H,22,27)(H,23,29)(H,25,26)(H,30,31). The molecule has 0 heterocycles. The summed E-state index contributed by atoms with van der Waals surface area (Å²) in [6, 6.07) is 0.573. The second-order valence-electron chi connectivity index (χ2n) is 6.95.